The summed E-state index contributed by atoms with van der Waals surface area (Å²) in [4.78, 5) is 15.7. The van der Waals surface area contributed by atoms with E-state index in [0.717, 1.165) is 5.56 Å². The van der Waals surface area contributed by atoms with Crippen LogP contribution in [-0.4, -0.2) is 38.7 Å². The molecule has 7 nitrogen and oxygen atoms in total. The lowest BCUT2D eigenvalue weighted by Gasteiger charge is -2.10. The Bertz CT molecular complexity index is 824. The van der Waals surface area contributed by atoms with Gasteiger partial charge < -0.3 is 19.5 Å². The van der Waals surface area contributed by atoms with E-state index in [-0.39, 0.29) is 5.11 Å². The van der Waals surface area contributed by atoms with Gasteiger partial charge in [-0.2, -0.15) is 0 Å². The number of carbonyl (C=O) groups is 1. The molecule has 2 N–H and O–H groups in total. The van der Waals surface area contributed by atoms with Gasteiger partial charge in [0.25, 0.3) is 0 Å². The lowest BCUT2D eigenvalue weighted by molar-refractivity contribution is 0.177. The number of rotatable bonds is 5. The van der Waals surface area contributed by atoms with E-state index in [9.17, 15) is 4.79 Å². The van der Waals surface area contributed by atoms with Gasteiger partial charge in [-0.25, -0.2) is 4.79 Å². The number of benzene rings is 2. The van der Waals surface area contributed by atoms with Crippen molar-refractivity contribution in [1.29, 1.82) is 0 Å². The molecule has 2 aromatic rings. The Hall–Kier alpha value is -3.13. The number of alkyl carbamates (subject to hydrolysis) is 1. The number of hydrogen-bond acceptors (Lipinski definition) is 6. The molecule has 0 aliphatic rings. The first-order valence-corrected chi connectivity index (χ1v) is 7.99. The minimum absolute atomic E-state index is 0.116. The highest BCUT2D eigenvalue weighted by Gasteiger charge is 2.07. The van der Waals surface area contributed by atoms with Crippen molar-refractivity contribution in [3.8, 4) is 11.5 Å². The van der Waals surface area contributed by atoms with Crippen LogP contribution >= 0.6 is 12.2 Å². The first kappa shape index (κ1) is 19.2. The highest BCUT2D eigenvalue weighted by atomic mass is 32.1. The molecule has 0 spiro atoms. The average Bonchev–Trinajstić information content (AvgIpc) is 2.66. The number of thiocarbonyl (C=S) groups is 1. The van der Waals surface area contributed by atoms with Crippen LogP contribution in [0.4, 0.5) is 16.2 Å². The monoisotopic (exact) mass is 373 g/mol. The van der Waals surface area contributed by atoms with Gasteiger partial charge >= 0.3 is 6.09 Å². The summed E-state index contributed by atoms with van der Waals surface area (Å²) in [5.74, 6) is 1.26. The van der Waals surface area contributed by atoms with E-state index in [0.29, 0.717) is 22.9 Å². The summed E-state index contributed by atoms with van der Waals surface area (Å²) in [7, 11) is 4.42. The molecule has 0 unspecified atom stereocenters. The fourth-order valence-corrected chi connectivity index (χ4v) is 2.26. The first-order valence-electron chi connectivity index (χ1n) is 7.58. The van der Waals surface area contributed by atoms with Gasteiger partial charge in [-0.05, 0) is 48.1 Å². The molecule has 26 heavy (non-hydrogen) atoms. The zero-order chi connectivity index (χ0) is 18.9. The minimum Gasteiger partial charge on any atom is -0.493 e. The molecule has 0 radical (unpaired) electrons. The van der Waals surface area contributed by atoms with E-state index < -0.39 is 6.09 Å². The zero-order valence-corrected chi connectivity index (χ0v) is 15.4. The van der Waals surface area contributed by atoms with Crippen molar-refractivity contribution in [1.82, 2.24) is 5.32 Å². The third-order valence-corrected chi connectivity index (χ3v) is 3.52. The van der Waals surface area contributed by atoms with Crippen molar-refractivity contribution in [3.63, 3.8) is 0 Å². The van der Waals surface area contributed by atoms with Gasteiger partial charge in [0, 0.05) is 6.21 Å². The van der Waals surface area contributed by atoms with Crippen LogP contribution in [-0.2, 0) is 4.74 Å². The Kier molecular flexibility index (Phi) is 6.92. The molecular formula is C18H19N3O4S. The molecule has 2 rings (SSSR count). The SMILES string of the molecule is COC(=O)NC(=S)Nc1ccccc1/N=C/c1ccc(OC)c(OC)c1. The maximum atomic E-state index is 11.2. The second kappa shape index (κ2) is 9.38. The number of para-hydroxylation sites is 2. The van der Waals surface area contributed by atoms with Gasteiger partial charge in [-0.15, -0.1) is 0 Å². The standard InChI is InChI=1S/C18H19N3O4S/c1-23-15-9-8-12(10-16(15)24-2)11-19-13-6-4-5-7-14(13)20-17(26)21-18(22)25-3/h4-11H,1-3H3,(H2,20,21,22,26)/b19-11+. The van der Waals surface area contributed by atoms with Crippen molar-refractivity contribution in [3.05, 3.63) is 48.0 Å². The quantitative estimate of drug-likeness (QED) is 0.617. The Morgan fingerprint density at radius 2 is 1.81 bits per heavy atom. The number of ether oxygens (including phenoxy) is 3. The highest BCUT2D eigenvalue weighted by Crippen LogP contribution is 2.28. The van der Waals surface area contributed by atoms with Crippen LogP contribution in [0, 0.1) is 0 Å². The summed E-state index contributed by atoms with van der Waals surface area (Å²) in [6.07, 6.45) is 1.05. The van der Waals surface area contributed by atoms with E-state index in [4.69, 9.17) is 21.7 Å². The van der Waals surface area contributed by atoms with Crippen LogP contribution < -0.4 is 20.1 Å². The van der Waals surface area contributed by atoms with Crippen LogP contribution in [0.1, 0.15) is 5.56 Å². The fraction of sp³-hybridized carbons (Fsp3) is 0.167. The predicted molar refractivity (Wildman–Crippen MR) is 105 cm³/mol. The van der Waals surface area contributed by atoms with Gasteiger partial charge in [-0.3, -0.25) is 10.3 Å². The Morgan fingerprint density at radius 1 is 1.08 bits per heavy atom. The van der Waals surface area contributed by atoms with E-state index in [1.165, 1.54) is 7.11 Å². The smallest absolute Gasteiger partial charge is 0.413 e. The van der Waals surface area contributed by atoms with Crippen molar-refractivity contribution in [2.75, 3.05) is 26.6 Å². The molecule has 0 saturated heterocycles. The zero-order valence-electron chi connectivity index (χ0n) is 14.6. The maximum absolute atomic E-state index is 11.2. The number of anilines is 1. The van der Waals surface area contributed by atoms with Crippen LogP contribution in [0.25, 0.3) is 0 Å². The van der Waals surface area contributed by atoms with Crippen molar-refractivity contribution < 1.29 is 19.0 Å². The normalized spacial score (nSPS) is 10.3. The number of aliphatic imine (C=N–C) groups is 1. The maximum Gasteiger partial charge on any atom is 0.413 e. The van der Waals surface area contributed by atoms with E-state index in [2.05, 4.69) is 20.4 Å². The number of methoxy groups -OCH3 is 3. The van der Waals surface area contributed by atoms with Gasteiger partial charge in [0.1, 0.15) is 0 Å². The molecule has 8 heteroatoms. The van der Waals surface area contributed by atoms with Gasteiger partial charge in [0.15, 0.2) is 16.6 Å². The molecule has 0 heterocycles. The van der Waals surface area contributed by atoms with Crippen molar-refractivity contribution in [2.45, 2.75) is 0 Å². The molecule has 136 valence electrons. The molecule has 0 fully saturated rings. The minimum atomic E-state index is -0.645. The second-order valence-electron chi connectivity index (χ2n) is 4.96. The number of carbonyl (C=O) groups excluding carboxylic acids is 1. The van der Waals surface area contributed by atoms with E-state index in [1.54, 1.807) is 32.6 Å². The molecule has 0 aromatic heterocycles. The summed E-state index contributed by atoms with van der Waals surface area (Å²) >= 11 is 5.07. The summed E-state index contributed by atoms with van der Waals surface area (Å²) in [5.41, 5.74) is 2.13. The Morgan fingerprint density at radius 3 is 2.50 bits per heavy atom. The number of amides is 1. The lowest BCUT2D eigenvalue weighted by atomic mass is 10.2. The molecular weight excluding hydrogens is 354 g/mol. The number of nitrogens with zero attached hydrogens (tertiary/aromatic N) is 1. The number of nitrogens with one attached hydrogen (secondary N) is 2. The molecule has 2 aromatic carbocycles. The third-order valence-electron chi connectivity index (χ3n) is 3.31. The molecule has 0 saturated carbocycles. The summed E-state index contributed by atoms with van der Waals surface area (Å²) < 4.78 is 15.0. The topological polar surface area (TPSA) is 81.2 Å². The van der Waals surface area contributed by atoms with E-state index >= 15 is 0 Å². The molecule has 0 bridgehead atoms. The lowest BCUT2D eigenvalue weighted by Crippen LogP contribution is -2.33. The van der Waals surface area contributed by atoms with Crippen molar-refractivity contribution in [2.24, 2.45) is 4.99 Å². The molecule has 0 aliphatic heterocycles. The van der Waals surface area contributed by atoms with Gasteiger partial charge in [-0.1, -0.05) is 12.1 Å². The molecule has 0 aliphatic carbocycles. The Labute approximate surface area is 157 Å². The molecule has 1 amide bonds. The van der Waals surface area contributed by atoms with Crippen LogP contribution in [0.15, 0.2) is 47.5 Å². The fourth-order valence-electron chi connectivity index (χ4n) is 2.07. The second-order valence-corrected chi connectivity index (χ2v) is 5.37. The summed E-state index contributed by atoms with van der Waals surface area (Å²) in [5, 5.41) is 5.41. The third kappa shape index (κ3) is 5.18. The summed E-state index contributed by atoms with van der Waals surface area (Å²) in [6, 6.07) is 12.8. The van der Waals surface area contributed by atoms with Crippen LogP contribution in [0.5, 0.6) is 11.5 Å². The largest absolute Gasteiger partial charge is 0.493 e. The molecule has 0 atom stereocenters. The predicted octanol–water partition coefficient (Wildman–Crippen LogP) is 3.51. The van der Waals surface area contributed by atoms with E-state index in [1.807, 2.05) is 30.3 Å². The van der Waals surface area contributed by atoms with Gasteiger partial charge in [0.2, 0.25) is 0 Å². The highest BCUT2D eigenvalue weighted by molar-refractivity contribution is 7.80. The first-order chi connectivity index (χ1) is 12.6. The summed E-state index contributed by atoms with van der Waals surface area (Å²) in [6.45, 7) is 0. The number of hydrogen-bond donors (Lipinski definition) is 2. The van der Waals surface area contributed by atoms with Crippen molar-refractivity contribution >= 4 is 41.0 Å². The van der Waals surface area contributed by atoms with Crippen LogP contribution in [0.3, 0.4) is 0 Å². The Balaban J connectivity index is 2.18. The van der Waals surface area contributed by atoms with Crippen LogP contribution in [0.2, 0.25) is 0 Å². The average molecular weight is 373 g/mol. The van der Waals surface area contributed by atoms with Gasteiger partial charge in [0.05, 0.1) is 32.7 Å².